The van der Waals surface area contributed by atoms with Gasteiger partial charge in [-0.2, -0.15) is 0 Å². The monoisotopic (exact) mass is 290 g/mol. The molecule has 0 amide bonds. The lowest BCUT2D eigenvalue weighted by Crippen LogP contribution is -2.03. The molecule has 2 aromatic carbocycles. The third-order valence-corrected chi connectivity index (χ3v) is 2.96. The molecule has 0 atom stereocenters. The van der Waals surface area contributed by atoms with E-state index in [0.717, 1.165) is 10.0 Å². The first-order valence-corrected chi connectivity index (χ1v) is 6.02. The largest absolute Gasteiger partial charge is 0.507 e. The summed E-state index contributed by atoms with van der Waals surface area (Å²) < 4.78 is 0.784. The van der Waals surface area contributed by atoms with Crippen molar-refractivity contribution in [2.45, 2.75) is 6.42 Å². The van der Waals surface area contributed by atoms with E-state index in [2.05, 4.69) is 15.9 Å². The van der Waals surface area contributed by atoms with E-state index in [1.54, 1.807) is 12.1 Å². The summed E-state index contributed by atoms with van der Waals surface area (Å²) in [6.45, 7) is 0. The maximum Gasteiger partial charge on any atom is 0.170 e. The lowest BCUT2D eigenvalue weighted by atomic mass is 10.0. The molecule has 0 saturated heterocycles. The number of ketones is 1. The third-order valence-electron chi connectivity index (χ3n) is 2.47. The van der Waals surface area contributed by atoms with E-state index in [0.29, 0.717) is 12.0 Å². The van der Waals surface area contributed by atoms with Crippen molar-refractivity contribution >= 4 is 21.7 Å². The minimum Gasteiger partial charge on any atom is -0.507 e. The van der Waals surface area contributed by atoms with Gasteiger partial charge in [-0.05, 0) is 23.8 Å². The number of aromatic hydroxyl groups is 1. The molecule has 0 aromatic heterocycles. The fraction of sp³-hybridized carbons (Fsp3) is 0.0714. The van der Waals surface area contributed by atoms with Crippen molar-refractivity contribution in [1.82, 2.24) is 0 Å². The zero-order valence-electron chi connectivity index (χ0n) is 9.06. The quantitative estimate of drug-likeness (QED) is 0.878. The van der Waals surface area contributed by atoms with Crippen LogP contribution in [0.1, 0.15) is 15.9 Å². The normalized spacial score (nSPS) is 10.2. The van der Waals surface area contributed by atoms with Gasteiger partial charge in [0.25, 0.3) is 0 Å². The molecule has 0 fully saturated rings. The summed E-state index contributed by atoms with van der Waals surface area (Å²) in [7, 11) is 0. The van der Waals surface area contributed by atoms with E-state index in [4.69, 9.17) is 0 Å². The second-order valence-electron chi connectivity index (χ2n) is 3.75. The highest BCUT2D eigenvalue weighted by atomic mass is 79.9. The molecule has 0 saturated carbocycles. The SMILES string of the molecule is O=C(Cc1ccccc1)c1cc(Br)ccc1O. The predicted molar refractivity (Wildman–Crippen MR) is 70.3 cm³/mol. The molecule has 0 unspecified atom stereocenters. The Morgan fingerprint density at radius 2 is 1.82 bits per heavy atom. The predicted octanol–water partition coefficient (Wildman–Crippen LogP) is 3.58. The molecule has 0 bridgehead atoms. The molecule has 0 aliphatic rings. The molecule has 2 nitrogen and oxygen atoms in total. The summed E-state index contributed by atoms with van der Waals surface area (Å²) in [5.74, 6) is -0.0656. The highest BCUT2D eigenvalue weighted by Crippen LogP contribution is 2.23. The van der Waals surface area contributed by atoms with Gasteiger partial charge in [-0.25, -0.2) is 0 Å². The van der Waals surface area contributed by atoms with Gasteiger partial charge in [-0.15, -0.1) is 0 Å². The number of Topliss-reactive ketones (excluding diaryl/α,β-unsaturated/α-hetero) is 1. The van der Waals surface area contributed by atoms with E-state index in [-0.39, 0.29) is 11.5 Å². The number of halogens is 1. The van der Waals surface area contributed by atoms with E-state index < -0.39 is 0 Å². The summed E-state index contributed by atoms with van der Waals surface area (Å²) in [6, 6.07) is 14.3. The van der Waals surface area contributed by atoms with Crippen LogP contribution in [0.5, 0.6) is 5.75 Å². The smallest absolute Gasteiger partial charge is 0.170 e. The number of benzene rings is 2. The number of hydrogen-bond acceptors (Lipinski definition) is 2. The van der Waals surface area contributed by atoms with Crippen molar-refractivity contribution < 1.29 is 9.90 Å². The van der Waals surface area contributed by atoms with Crippen molar-refractivity contribution in [1.29, 1.82) is 0 Å². The molecule has 0 aliphatic heterocycles. The van der Waals surface area contributed by atoms with Crippen LogP contribution in [0.2, 0.25) is 0 Å². The molecule has 3 heteroatoms. The molecule has 17 heavy (non-hydrogen) atoms. The topological polar surface area (TPSA) is 37.3 Å². The highest BCUT2D eigenvalue weighted by Gasteiger charge is 2.11. The molecule has 0 spiro atoms. The Bertz CT molecular complexity index is 535. The van der Waals surface area contributed by atoms with Crippen LogP contribution in [0.25, 0.3) is 0 Å². The number of carbonyl (C=O) groups excluding carboxylic acids is 1. The van der Waals surface area contributed by atoms with Crippen LogP contribution in [-0.2, 0) is 6.42 Å². The van der Waals surface area contributed by atoms with E-state index >= 15 is 0 Å². The van der Waals surface area contributed by atoms with Gasteiger partial charge in [0.15, 0.2) is 5.78 Å². The van der Waals surface area contributed by atoms with Crippen molar-refractivity contribution in [3.05, 3.63) is 64.1 Å². The van der Waals surface area contributed by atoms with E-state index in [1.807, 2.05) is 30.3 Å². The van der Waals surface area contributed by atoms with Gasteiger partial charge in [0.1, 0.15) is 5.75 Å². The number of carbonyl (C=O) groups is 1. The molecule has 2 rings (SSSR count). The van der Waals surface area contributed by atoms with Crippen LogP contribution >= 0.6 is 15.9 Å². The second-order valence-corrected chi connectivity index (χ2v) is 4.66. The van der Waals surface area contributed by atoms with Gasteiger partial charge in [-0.1, -0.05) is 46.3 Å². The summed E-state index contributed by atoms with van der Waals surface area (Å²) >= 11 is 3.29. The average Bonchev–Trinajstić information content (AvgIpc) is 2.33. The first-order valence-electron chi connectivity index (χ1n) is 5.22. The van der Waals surface area contributed by atoms with Crippen molar-refractivity contribution in [2.75, 3.05) is 0 Å². The van der Waals surface area contributed by atoms with Gasteiger partial charge >= 0.3 is 0 Å². The minimum absolute atomic E-state index is 0.0223. The van der Waals surface area contributed by atoms with Gasteiger partial charge in [0.05, 0.1) is 5.56 Å². The molecule has 0 heterocycles. The Morgan fingerprint density at radius 3 is 2.53 bits per heavy atom. The van der Waals surface area contributed by atoms with Crippen molar-refractivity contribution in [3.63, 3.8) is 0 Å². The van der Waals surface area contributed by atoms with Crippen LogP contribution < -0.4 is 0 Å². The fourth-order valence-corrected chi connectivity index (χ4v) is 1.97. The van der Waals surface area contributed by atoms with Gasteiger partial charge in [0.2, 0.25) is 0 Å². The van der Waals surface area contributed by atoms with Crippen LogP contribution in [0.4, 0.5) is 0 Å². The fourth-order valence-electron chi connectivity index (χ4n) is 1.61. The lowest BCUT2D eigenvalue weighted by Gasteiger charge is -2.04. The Kier molecular flexibility index (Phi) is 3.59. The molecule has 0 radical (unpaired) electrons. The molecule has 2 aromatic rings. The Hall–Kier alpha value is -1.61. The minimum atomic E-state index is -0.0880. The van der Waals surface area contributed by atoms with Crippen molar-refractivity contribution in [3.8, 4) is 5.75 Å². The summed E-state index contributed by atoms with van der Waals surface area (Å²) in [4.78, 5) is 12.0. The van der Waals surface area contributed by atoms with E-state index in [9.17, 15) is 9.90 Å². The summed E-state index contributed by atoms with van der Waals surface area (Å²) in [5, 5.41) is 9.64. The van der Waals surface area contributed by atoms with Gasteiger partial charge in [0, 0.05) is 10.9 Å². The Balaban J connectivity index is 2.23. The maximum absolute atomic E-state index is 12.0. The van der Waals surface area contributed by atoms with Crippen LogP contribution in [0, 0.1) is 0 Å². The molecular formula is C14H11BrO2. The number of hydrogen-bond donors (Lipinski definition) is 1. The summed E-state index contributed by atoms with van der Waals surface area (Å²) in [5.41, 5.74) is 1.29. The standard InChI is InChI=1S/C14H11BrO2/c15-11-6-7-13(16)12(9-11)14(17)8-10-4-2-1-3-5-10/h1-7,9,16H,8H2. The highest BCUT2D eigenvalue weighted by molar-refractivity contribution is 9.10. The summed E-state index contributed by atoms with van der Waals surface area (Å²) in [6.07, 6.45) is 0.296. The molecule has 0 aliphatic carbocycles. The second kappa shape index (κ2) is 5.15. The first kappa shape index (κ1) is 11.9. The Morgan fingerprint density at radius 1 is 1.12 bits per heavy atom. The van der Waals surface area contributed by atoms with Crippen LogP contribution in [-0.4, -0.2) is 10.9 Å². The number of phenolic OH excluding ortho intramolecular Hbond substituents is 1. The van der Waals surface area contributed by atoms with Crippen LogP contribution in [0.15, 0.2) is 53.0 Å². The average molecular weight is 291 g/mol. The molecule has 1 N–H and O–H groups in total. The zero-order valence-corrected chi connectivity index (χ0v) is 10.6. The maximum atomic E-state index is 12.0. The third kappa shape index (κ3) is 2.94. The van der Waals surface area contributed by atoms with Gasteiger partial charge < -0.3 is 5.11 Å². The number of phenols is 1. The number of rotatable bonds is 3. The molecular weight excluding hydrogens is 280 g/mol. The van der Waals surface area contributed by atoms with Crippen LogP contribution in [0.3, 0.4) is 0 Å². The van der Waals surface area contributed by atoms with Gasteiger partial charge in [-0.3, -0.25) is 4.79 Å². The van der Waals surface area contributed by atoms with E-state index in [1.165, 1.54) is 6.07 Å². The lowest BCUT2D eigenvalue weighted by molar-refractivity contribution is 0.0990. The molecule has 86 valence electrons. The van der Waals surface area contributed by atoms with Crippen molar-refractivity contribution in [2.24, 2.45) is 0 Å². The first-order chi connectivity index (χ1) is 8.16. The zero-order chi connectivity index (χ0) is 12.3. The Labute approximate surface area is 108 Å².